The molecule has 0 aromatic heterocycles. The zero-order valence-corrected chi connectivity index (χ0v) is 13.3. The van der Waals surface area contributed by atoms with Crippen LogP contribution in [0, 0.1) is 23.7 Å². The first-order chi connectivity index (χ1) is 7.43. The maximum Gasteiger partial charge on any atom is 0.189 e. The molecule has 0 bridgehead atoms. The monoisotopic (exact) mass is 349 g/mol. The van der Waals surface area contributed by atoms with Crippen molar-refractivity contribution in [1.82, 2.24) is 5.32 Å². The highest BCUT2D eigenvalue weighted by Gasteiger charge is 2.23. The van der Waals surface area contributed by atoms with E-state index in [-0.39, 0.29) is 35.4 Å². The Hall–Kier alpha value is -0.440. The van der Waals surface area contributed by atoms with E-state index in [1.807, 2.05) is 0 Å². The maximum absolute atomic E-state index is 5.82. The van der Waals surface area contributed by atoms with Gasteiger partial charge in [0.2, 0.25) is 0 Å². The third-order valence-electron chi connectivity index (χ3n) is 3.07. The molecule has 0 saturated heterocycles. The molecule has 1 saturated carbocycles. The lowest BCUT2D eigenvalue weighted by Gasteiger charge is -2.28. The normalized spacial score (nSPS) is 18.6. The van der Waals surface area contributed by atoms with Crippen molar-refractivity contribution in [2.24, 2.45) is 22.1 Å². The number of aliphatic imine (C=N–C) groups is 1. The SMILES string of the molecule is C#CC(NC(N)=NCC1CCC1)C(C)(C)C.I. The van der Waals surface area contributed by atoms with Crippen LogP contribution in [0.2, 0.25) is 0 Å². The first-order valence-corrected chi connectivity index (χ1v) is 5.96. The van der Waals surface area contributed by atoms with E-state index in [9.17, 15) is 0 Å². The molecule has 3 N–H and O–H groups in total. The van der Waals surface area contributed by atoms with E-state index in [0.717, 1.165) is 12.5 Å². The molecule has 1 fully saturated rings. The van der Waals surface area contributed by atoms with E-state index < -0.39 is 0 Å². The van der Waals surface area contributed by atoms with Gasteiger partial charge < -0.3 is 11.1 Å². The van der Waals surface area contributed by atoms with Crippen LogP contribution in [0.1, 0.15) is 40.0 Å². The molecule has 1 atom stereocenters. The largest absolute Gasteiger partial charge is 0.370 e. The summed E-state index contributed by atoms with van der Waals surface area (Å²) in [4.78, 5) is 4.34. The Morgan fingerprint density at radius 2 is 2.12 bits per heavy atom. The zero-order chi connectivity index (χ0) is 12.2. The van der Waals surface area contributed by atoms with Crippen molar-refractivity contribution in [2.45, 2.75) is 46.1 Å². The Labute approximate surface area is 122 Å². The number of nitrogens with one attached hydrogen (secondary N) is 1. The maximum atomic E-state index is 5.82. The average Bonchev–Trinajstić information content (AvgIpc) is 2.09. The molecule has 1 unspecified atom stereocenters. The van der Waals surface area contributed by atoms with E-state index in [1.54, 1.807) is 0 Å². The fraction of sp³-hybridized carbons (Fsp3) is 0.769. The van der Waals surface area contributed by atoms with Gasteiger partial charge in [-0.25, -0.2) is 0 Å². The molecule has 0 aromatic carbocycles. The van der Waals surface area contributed by atoms with Gasteiger partial charge in [-0.2, -0.15) is 0 Å². The van der Waals surface area contributed by atoms with Crippen molar-refractivity contribution < 1.29 is 0 Å². The molecule has 1 aliphatic rings. The van der Waals surface area contributed by atoms with Gasteiger partial charge in [0.05, 0.1) is 6.04 Å². The third-order valence-corrected chi connectivity index (χ3v) is 3.07. The lowest BCUT2D eigenvalue weighted by molar-refractivity contribution is 0.324. The van der Waals surface area contributed by atoms with E-state index in [1.165, 1.54) is 19.3 Å². The van der Waals surface area contributed by atoms with Gasteiger partial charge in [-0.3, -0.25) is 4.99 Å². The van der Waals surface area contributed by atoms with E-state index in [2.05, 4.69) is 37.0 Å². The van der Waals surface area contributed by atoms with Gasteiger partial charge in [-0.1, -0.05) is 33.1 Å². The molecule has 1 aliphatic carbocycles. The van der Waals surface area contributed by atoms with Crippen molar-refractivity contribution >= 4 is 29.9 Å². The first kappa shape index (κ1) is 16.6. The fourth-order valence-corrected chi connectivity index (χ4v) is 1.60. The Morgan fingerprint density at radius 1 is 1.53 bits per heavy atom. The molecule has 0 aromatic rings. The molecule has 17 heavy (non-hydrogen) atoms. The van der Waals surface area contributed by atoms with Gasteiger partial charge in [0.15, 0.2) is 5.96 Å². The molecule has 3 nitrogen and oxygen atoms in total. The van der Waals surface area contributed by atoms with Crippen molar-refractivity contribution in [1.29, 1.82) is 0 Å². The first-order valence-electron chi connectivity index (χ1n) is 5.96. The molecule has 0 heterocycles. The highest BCUT2D eigenvalue weighted by Crippen LogP contribution is 2.26. The lowest BCUT2D eigenvalue weighted by atomic mass is 9.86. The molecule has 0 spiro atoms. The summed E-state index contributed by atoms with van der Waals surface area (Å²) in [5, 5.41) is 3.10. The topological polar surface area (TPSA) is 50.4 Å². The summed E-state index contributed by atoms with van der Waals surface area (Å²) in [6, 6.07) is -0.0716. The number of guanidine groups is 1. The molecule has 0 amide bonds. The summed E-state index contributed by atoms with van der Waals surface area (Å²) in [7, 11) is 0. The Morgan fingerprint density at radius 3 is 2.47 bits per heavy atom. The minimum Gasteiger partial charge on any atom is -0.370 e. The van der Waals surface area contributed by atoms with Crippen LogP contribution in [0.3, 0.4) is 0 Å². The molecule has 0 aliphatic heterocycles. The molecular weight excluding hydrogens is 325 g/mol. The van der Waals surface area contributed by atoms with Crippen molar-refractivity contribution in [3.05, 3.63) is 0 Å². The molecule has 98 valence electrons. The quantitative estimate of drug-likeness (QED) is 0.356. The van der Waals surface area contributed by atoms with Crippen LogP contribution in [-0.2, 0) is 0 Å². The molecular formula is C13H24IN3. The fourth-order valence-electron chi connectivity index (χ4n) is 1.60. The summed E-state index contributed by atoms with van der Waals surface area (Å²) in [5.41, 5.74) is 5.81. The molecule has 1 rings (SSSR count). The summed E-state index contributed by atoms with van der Waals surface area (Å²) in [6.45, 7) is 7.09. The summed E-state index contributed by atoms with van der Waals surface area (Å²) in [6.07, 6.45) is 9.39. The van der Waals surface area contributed by atoms with Gasteiger partial charge in [0, 0.05) is 6.54 Å². The minimum atomic E-state index is -0.0716. The van der Waals surface area contributed by atoms with Crippen molar-refractivity contribution in [2.75, 3.05) is 6.54 Å². The van der Waals surface area contributed by atoms with Crippen LogP contribution in [0.4, 0.5) is 0 Å². The summed E-state index contributed by atoms with van der Waals surface area (Å²) >= 11 is 0. The minimum absolute atomic E-state index is 0. The predicted molar refractivity (Wildman–Crippen MR) is 84.5 cm³/mol. The third kappa shape index (κ3) is 5.62. The summed E-state index contributed by atoms with van der Waals surface area (Å²) < 4.78 is 0. The van der Waals surface area contributed by atoms with Gasteiger partial charge >= 0.3 is 0 Å². The molecule has 4 heteroatoms. The van der Waals surface area contributed by atoms with Crippen LogP contribution in [0.15, 0.2) is 4.99 Å². The number of halogens is 1. The number of rotatable bonds is 3. The van der Waals surface area contributed by atoms with Crippen LogP contribution in [-0.4, -0.2) is 18.5 Å². The van der Waals surface area contributed by atoms with E-state index in [4.69, 9.17) is 12.2 Å². The number of hydrogen-bond acceptors (Lipinski definition) is 1. The number of hydrogen-bond donors (Lipinski definition) is 2. The second kappa shape index (κ2) is 7.10. The summed E-state index contributed by atoms with van der Waals surface area (Å²) in [5.74, 6) is 3.93. The van der Waals surface area contributed by atoms with Crippen LogP contribution in [0.25, 0.3) is 0 Å². The Balaban J connectivity index is 0.00000256. The van der Waals surface area contributed by atoms with Gasteiger partial charge in [-0.05, 0) is 24.2 Å². The highest BCUT2D eigenvalue weighted by molar-refractivity contribution is 14.0. The lowest BCUT2D eigenvalue weighted by Crippen LogP contribution is -2.46. The van der Waals surface area contributed by atoms with Crippen molar-refractivity contribution in [3.8, 4) is 12.3 Å². The second-order valence-corrected chi connectivity index (χ2v) is 5.63. The predicted octanol–water partition coefficient (Wildman–Crippen LogP) is 2.36. The zero-order valence-electron chi connectivity index (χ0n) is 11.0. The van der Waals surface area contributed by atoms with Crippen LogP contribution >= 0.6 is 24.0 Å². The molecule has 0 radical (unpaired) electrons. The highest BCUT2D eigenvalue weighted by atomic mass is 127. The smallest absolute Gasteiger partial charge is 0.189 e. The number of terminal acetylenes is 1. The van der Waals surface area contributed by atoms with E-state index in [0.29, 0.717) is 5.96 Å². The van der Waals surface area contributed by atoms with Crippen molar-refractivity contribution in [3.63, 3.8) is 0 Å². The Bertz CT molecular complexity index is 295. The number of nitrogens with zero attached hydrogens (tertiary/aromatic N) is 1. The van der Waals surface area contributed by atoms with Gasteiger partial charge in [0.25, 0.3) is 0 Å². The van der Waals surface area contributed by atoms with E-state index >= 15 is 0 Å². The van der Waals surface area contributed by atoms with Crippen LogP contribution in [0.5, 0.6) is 0 Å². The number of nitrogens with two attached hydrogens (primary N) is 1. The average molecular weight is 349 g/mol. The van der Waals surface area contributed by atoms with Gasteiger partial charge in [-0.15, -0.1) is 30.4 Å². The Kier molecular flexibility index (Phi) is 6.91. The standard InChI is InChI=1S/C13H23N3.HI/c1-5-11(13(2,3)4)16-12(14)15-9-10-7-6-8-10;/h1,10-11H,6-9H2,2-4H3,(H3,14,15,16);1H. The van der Waals surface area contributed by atoms with Crippen LogP contribution < -0.4 is 11.1 Å². The van der Waals surface area contributed by atoms with Gasteiger partial charge in [0.1, 0.15) is 0 Å². The second-order valence-electron chi connectivity index (χ2n) is 5.63.